The second-order valence-electron chi connectivity index (χ2n) is 4.36. The van der Waals surface area contributed by atoms with Crippen LogP contribution in [-0.2, 0) is 17.9 Å². The molecule has 0 amide bonds. The molecule has 0 radical (unpaired) electrons. The molecule has 0 spiro atoms. The van der Waals surface area contributed by atoms with Crippen molar-refractivity contribution in [2.75, 3.05) is 6.61 Å². The highest BCUT2D eigenvalue weighted by Gasteiger charge is 2.19. The van der Waals surface area contributed by atoms with Crippen molar-refractivity contribution in [2.45, 2.75) is 19.2 Å². The van der Waals surface area contributed by atoms with Gasteiger partial charge in [0.2, 0.25) is 0 Å². The van der Waals surface area contributed by atoms with Gasteiger partial charge in [0.15, 0.2) is 0 Å². The third kappa shape index (κ3) is 2.39. The first-order chi connectivity index (χ1) is 8.93. The average molecular weight is 241 g/mol. The van der Waals surface area contributed by atoms with Crippen molar-refractivity contribution in [3.63, 3.8) is 0 Å². The molecule has 0 bridgehead atoms. The van der Waals surface area contributed by atoms with Gasteiger partial charge in [0.1, 0.15) is 0 Å². The van der Waals surface area contributed by atoms with Gasteiger partial charge in [-0.05, 0) is 23.3 Å². The zero-order valence-electron chi connectivity index (χ0n) is 10.0. The number of hydrogen-bond acceptors (Lipinski definition) is 4. The van der Waals surface area contributed by atoms with E-state index in [9.17, 15) is 0 Å². The van der Waals surface area contributed by atoms with Crippen LogP contribution < -0.4 is 5.32 Å². The lowest BCUT2D eigenvalue weighted by molar-refractivity contribution is 0.0815. The molecule has 0 saturated carbocycles. The van der Waals surface area contributed by atoms with Crippen molar-refractivity contribution in [1.29, 1.82) is 0 Å². The van der Waals surface area contributed by atoms with Crippen LogP contribution >= 0.6 is 0 Å². The highest BCUT2D eigenvalue weighted by atomic mass is 16.5. The Kier molecular flexibility index (Phi) is 3.30. The maximum Gasteiger partial charge on any atom is 0.0769 e. The Morgan fingerprint density at radius 3 is 3.06 bits per heavy atom. The van der Waals surface area contributed by atoms with Gasteiger partial charge < -0.3 is 10.1 Å². The summed E-state index contributed by atoms with van der Waals surface area (Å²) in [6.45, 7) is 2.12. The molecule has 0 fully saturated rings. The van der Waals surface area contributed by atoms with E-state index in [0.717, 1.165) is 5.69 Å². The van der Waals surface area contributed by atoms with Gasteiger partial charge in [-0.15, -0.1) is 0 Å². The SMILES string of the molecule is c1cnnc(CNC2COCc3ccccc32)c1. The predicted octanol–water partition coefficient (Wildman–Crippen LogP) is 1.84. The van der Waals surface area contributed by atoms with Gasteiger partial charge in [-0.1, -0.05) is 24.3 Å². The van der Waals surface area contributed by atoms with Gasteiger partial charge in [-0.2, -0.15) is 10.2 Å². The number of rotatable bonds is 3. The molecule has 3 rings (SSSR count). The van der Waals surface area contributed by atoms with Crippen LogP contribution in [0.25, 0.3) is 0 Å². The van der Waals surface area contributed by atoms with Crippen molar-refractivity contribution in [1.82, 2.24) is 15.5 Å². The smallest absolute Gasteiger partial charge is 0.0769 e. The Balaban J connectivity index is 1.71. The first-order valence-electron chi connectivity index (χ1n) is 6.09. The van der Waals surface area contributed by atoms with Crippen molar-refractivity contribution in [2.24, 2.45) is 0 Å². The van der Waals surface area contributed by atoms with Crippen LogP contribution in [0.2, 0.25) is 0 Å². The highest BCUT2D eigenvalue weighted by Crippen LogP contribution is 2.24. The number of nitrogens with zero attached hydrogens (tertiary/aromatic N) is 2. The molecule has 1 N–H and O–H groups in total. The van der Waals surface area contributed by atoms with E-state index in [4.69, 9.17) is 4.74 Å². The fourth-order valence-corrected chi connectivity index (χ4v) is 2.21. The summed E-state index contributed by atoms with van der Waals surface area (Å²) >= 11 is 0. The zero-order valence-corrected chi connectivity index (χ0v) is 10.0. The van der Waals surface area contributed by atoms with Gasteiger partial charge in [0.25, 0.3) is 0 Å². The third-order valence-electron chi connectivity index (χ3n) is 3.13. The fraction of sp³-hybridized carbons (Fsp3) is 0.286. The Hall–Kier alpha value is -1.78. The molecule has 92 valence electrons. The summed E-state index contributed by atoms with van der Waals surface area (Å²) < 4.78 is 5.60. The number of aromatic nitrogens is 2. The molecule has 0 aliphatic carbocycles. The molecule has 2 heterocycles. The molecule has 0 saturated heterocycles. The Bertz CT molecular complexity index is 515. The number of fused-ring (bicyclic) bond motifs is 1. The van der Waals surface area contributed by atoms with Gasteiger partial charge in [0, 0.05) is 12.7 Å². The number of benzene rings is 1. The zero-order chi connectivity index (χ0) is 12.2. The van der Waals surface area contributed by atoms with Gasteiger partial charge in [0.05, 0.1) is 24.9 Å². The molecule has 1 aliphatic rings. The van der Waals surface area contributed by atoms with E-state index in [1.54, 1.807) is 6.20 Å². The molecule has 1 aliphatic heterocycles. The fourth-order valence-electron chi connectivity index (χ4n) is 2.21. The first-order valence-corrected chi connectivity index (χ1v) is 6.09. The molecule has 2 aromatic rings. The average Bonchev–Trinajstić information content (AvgIpc) is 2.46. The molecule has 1 unspecified atom stereocenters. The van der Waals surface area contributed by atoms with Crippen molar-refractivity contribution >= 4 is 0 Å². The number of hydrogen-bond donors (Lipinski definition) is 1. The predicted molar refractivity (Wildman–Crippen MR) is 67.7 cm³/mol. The van der Waals surface area contributed by atoms with E-state index >= 15 is 0 Å². The van der Waals surface area contributed by atoms with E-state index in [1.165, 1.54) is 11.1 Å². The summed E-state index contributed by atoms with van der Waals surface area (Å²) in [5, 5.41) is 11.4. The minimum absolute atomic E-state index is 0.233. The largest absolute Gasteiger partial charge is 0.375 e. The molecule has 4 nitrogen and oxygen atoms in total. The molecule has 18 heavy (non-hydrogen) atoms. The lowest BCUT2D eigenvalue weighted by Gasteiger charge is -2.26. The van der Waals surface area contributed by atoms with Crippen molar-refractivity contribution in [3.05, 3.63) is 59.4 Å². The lowest BCUT2D eigenvalue weighted by atomic mass is 9.99. The van der Waals surface area contributed by atoms with Crippen molar-refractivity contribution in [3.8, 4) is 0 Å². The minimum Gasteiger partial charge on any atom is -0.375 e. The van der Waals surface area contributed by atoms with Crippen LogP contribution in [0.5, 0.6) is 0 Å². The summed E-state index contributed by atoms with van der Waals surface area (Å²) in [4.78, 5) is 0. The summed E-state index contributed by atoms with van der Waals surface area (Å²) in [5.74, 6) is 0. The van der Waals surface area contributed by atoms with E-state index in [0.29, 0.717) is 19.8 Å². The van der Waals surface area contributed by atoms with Gasteiger partial charge in [-0.25, -0.2) is 0 Å². The highest BCUT2D eigenvalue weighted by molar-refractivity contribution is 5.31. The normalized spacial score (nSPS) is 18.3. The van der Waals surface area contributed by atoms with Crippen LogP contribution in [-0.4, -0.2) is 16.8 Å². The molecule has 1 aromatic carbocycles. The van der Waals surface area contributed by atoms with Crippen LogP contribution in [0.4, 0.5) is 0 Å². The number of ether oxygens (including phenoxy) is 1. The second kappa shape index (κ2) is 5.25. The standard InChI is InChI=1S/C14H15N3O/c1-2-6-13-11(4-1)9-18-10-14(13)15-8-12-5-3-7-16-17-12/h1-7,14-15H,8-10H2. The van der Waals surface area contributed by atoms with Crippen LogP contribution in [0, 0.1) is 0 Å². The Morgan fingerprint density at radius 1 is 1.22 bits per heavy atom. The first kappa shape index (κ1) is 11.3. The second-order valence-corrected chi connectivity index (χ2v) is 4.36. The summed E-state index contributed by atoms with van der Waals surface area (Å²) in [5.41, 5.74) is 3.54. The van der Waals surface area contributed by atoms with Gasteiger partial charge in [-0.3, -0.25) is 0 Å². The van der Waals surface area contributed by atoms with E-state index in [1.807, 2.05) is 18.2 Å². The molecular formula is C14H15N3O. The molecule has 4 heteroatoms. The van der Waals surface area contributed by atoms with Gasteiger partial charge >= 0.3 is 0 Å². The van der Waals surface area contributed by atoms with E-state index in [-0.39, 0.29) is 6.04 Å². The van der Waals surface area contributed by atoms with Crippen LogP contribution in [0.15, 0.2) is 42.6 Å². The molecule has 1 aromatic heterocycles. The van der Waals surface area contributed by atoms with E-state index in [2.05, 4.69) is 33.7 Å². The maximum absolute atomic E-state index is 5.60. The Labute approximate surface area is 106 Å². The molecule has 1 atom stereocenters. The lowest BCUT2D eigenvalue weighted by Crippen LogP contribution is -2.29. The summed E-state index contributed by atoms with van der Waals surface area (Å²) in [6.07, 6.45) is 1.68. The van der Waals surface area contributed by atoms with E-state index < -0.39 is 0 Å². The molecular weight excluding hydrogens is 226 g/mol. The summed E-state index contributed by atoms with van der Waals surface area (Å²) in [6, 6.07) is 12.5. The van der Waals surface area contributed by atoms with Crippen LogP contribution in [0.3, 0.4) is 0 Å². The maximum atomic E-state index is 5.60. The van der Waals surface area contributed by atoms with Crippen molar-refractivity contribution < 1.29 is 4.74 Å². The quantitative estimate of drug-likeness (QED) is 0.890. The summed E-state index contributed by atoms with van der Waals surface area (Å²) in [7, 11) is 0. The number of nitrogens with one attached hydrogen (secondary N) is 1. The Morgan fingerprint density at radius 2 is 2.17 bits per heavy atom. The monoisotopic (exact) mass is 241 g/mol. The van der Waals surface area contributed by atoms with Crippen LogP contribution in [0.1, 0.15) is 22.9 Å². The minimum atomic E-state index is 0.233. The topological polar surface area (TPSA) is 47.0 Å². The third-order valence-corrected chi connectivity index (χ3v) is 3.13.